The molecule has 1 aromatic carbocycles. The first-order chi connectivity index (χ1) is 9.60. The lowest BCUT2D eigenvalue weighted by Crippen LogP contribution is -2.15. The summed E-state index contributed by atoms with van der Waals surface area (Å²) in [6, 6.07) is 1.87. The molecule has 20 heavy (non-hydrogen) atoms. The van der Waals surface area contributed by atoms with E-state index in [1.165, 1.54) is 0 Å². The zero-order valence-corrected chi connectivity index (χ0v) is 11.2. The largest absolute Gasteiger partial charge is 0.485 e. The molecule has 0 spiro atoms. The topological polar surface area (TPSA) is 77.1 Å². The van der Waals surface area contributed by atoms with Crippen molar-refractivity contribution >= 4 is 5.84 Å². The maximum absolute atomic E-state index is 13.6. The summed E-state index contributed by atoms with van der Waals surface area (Å²) in [6.45, 7) is 2.92. The normalized spacial score (nSPS) is 11.7. The third kappa shape index (κ3) is 4.65. The quantitative estimate of drug-likeness (QED) is 0.253. The van der Waals surface area contributed by atoms with E-state index in [0.29, 0.717) is 6.61 Å². The molecule has 0 amide bonds. The molecule has 0 heterocycles. The van der Waals surface area contributed by atoms with E-state index >= 15 is 0 Å². The molecule has 3 N–H and O–H groups in total. The molecule has 5 nitrogen and oxygen atoms in total. The van der Waals surface area contributed by atoms with E-state index in [1.807, 2.05) is 6.92 Å². The number of hydrogen-bond donors (Lipinski definition) is 2. The van der Waals surface area contributed by atoms with Crippen molar-refractivity contribution in [2.75, 3.05) is 19.8 Å². The number of nitrogens with zero attached hydrogens (tertiary/aromatic N) is 1. The second kappa shape index (κ2) is 8.31. The van der Waals surface area contributed by atoms with Crippen LogP contribution in [0.15, 0.2) is 17.3 Å². The number of unbranched alkanes of at least 4 members (excludes halogenated alkanes) is 1. The average Bonchev–Trinajstić information content (AvgIpc) is 2.43. The zero-order valence-electron chi connectivity index (χ0n) is 11.2. The van der Waals surface area contributed by atoms with Crippen LogP contribution in [0.2, 0.25) is 0 Å². The van der Waals surface area contributed by atoms with Crippen molar-refractivity contribution < 1.29 is 23.5 Å². The predicted octanol–water partition coefficient (Wildman–Crippen LogP) is 2.25. The molecule has 1 rings (SSSR count). The molecule has 0 aromatic heterocycles. The van der Waals surface area contributed by atoms with Crippen LogP contribution in [-0.2, 0) is 4.74 Å². The van der Waals surface area contributed by atoms with Gasteiger partial charge in [-0.3, -0.25) is 0 Å². The van der Waals surface area contributed by atoms with Crippen LogP contribution in [0.4, 0.5) is 8.78 Å². The molecule has 0 saturated carbocycles. The van der Waals surface area contributed by atoms with Gasteiger partial charge in [0.1, 0.15) is 6.61 Å². The van der Waals surface area contributed by atoms with Gasteiger partial charge in [-0.15, -0.1) is 0 Å². The Kier molecular flexibility index (Phi) is 6.72. The predicted molar refractivity (Wildman–Crippen MR) is 70.1 cm³/mol. The molecule has 0 radical (unpaired) electrons. The second-order valence-corrected chi connectivity index (χ2v) is 4.07. The summed E-state index contributed by atoms with van der Waals surface area (Å²) in [5.41, 5.74) is 5.20. The highest BCUT2D eigenvalue weighted by Gasteiger charge is 2.14. The Morgan fingerprint density at radius 3 is 2.45 bits per heavy atom. The van der Waals surface area contributed by atoms with Gasteiger partial charge in [0.15, 0.2) is 23.2 Å². The lowest BCUT2D eigenvalue weighted by atomic mass is 10.2. The van der Waals surface area contributed by atoms with Crippen molar-refractivity contribution in [3.63, 3.8) is 0 Å². The standard InChI is InChI=1S/C13H18F2N2O3/c1-2-3-4-19-5-6-20-12-10(14)7-9(8-11(12)15)13(16)17-18/h7-8,18H,2-6H2,1H3,(H2,16,17). The number of rotatable bonds is 8. The van der Waals surface area contributed by atoms with Gasteiger partial charge >= 0.3 is 0 Å². The number of amidine groups is 1. The van der Waals surface area contributed by atoms with Gasteiger partial charge in [0.2, 0.25) is 0 Å². The van der Waals surface area contributed by atoms with Gasteiger partial charge < -0.3 is 20.4 Å². The summed E-state index contributed by atoms with van der Waals surface area (Å²) in [7, 11) is 0. The van der Waals surface area contributed by atoms with E-state index in [9.17, 15) is 8.78 Å². The average molecular weight is 288 g/mol. The van der Waals surface area contributed by atoms with E-state index in [0.717, 1.165) is 25.0 Å². The Labute approximate surface area is 116 Å². The number of oxime groups is 1. The minimum atomic E-state index is -0.917. The van der Waals surface area contributed by atoms with E-state index in [-0.39, 0.29) is 24.6 Å². The number of benzene rings is 1. The molecular weight excluding hydrogens is 270 g/mol. The number of halogens is 2. The summed E-state index contributed by atoms with van der Waals surface area (Å²) in [5, 5.41) is 11.1. The van der Waals surface area contributed by atoms with Gasteiger partial charge in [0.25, 0.3) is 0 Å². The summed E-state index contributed by atoms with van der Waals surface area (Å²) in [4.78, 5) is 0. The fourth-order valence-electron chi connectivity index (χ4n) is 1.45. The van der Waals surface area contributed by atoms with Gasteiger partial charge in [-0.2, -0.15) is 0 Å². The summed E-state index contributed by atoms with van der Waals surface area (Å²) in [5.74, 6) is -2.71. The summed E-state index contributed by atoms with van der Waals surface area (Å²) < 4.78 is 37.5. The molecule has 0 aliphatic heterocycles. The van der Waals surface area contributed by atoms with Crippen LogP contribution in [0.5, 0.6) is 5.75 Å². The fourth-order valence-corrected chi connectivity index (χ4v) is 1.45. The van der Waals surface area contributed by atoms with E-state index in [4.69, 9.17) is 20.4 Å². The highest BCUT2D eigenvalue weighted by Crippen LogP contribution is 2.23. The molecule has 0 atom stereocenters. The van der Waals surface area contributed by atoms with Crippen molar-refractivity contribution in [3.8, 4) is 5.75 Å². The van der Waals surface area contributed by atoms with Gasteiger partial charge in [-0.1, -0.05) is 18.5 Å². The summed E-state index contributed by atoms with van der Waals surface area (Å²) >= 11 is 0. The van der Waals surface area contributed by atoms with Crippen molar-refractivity contribution in [2.24, 2.45) is 10.9 Å². The van der Waals surface area contributed by atoms with Gasteiger partial charge in [0, 0.05) is 12.2 Å². The van der Waals surface area contributed by atoms with Crippen molar-refractivity contribution in [3.05, 3.63) is 29.3 Å². The van der Waals surface area contributed by atoms with Crippen LogP contribution in [0, 0.1) is 11.6 Å². The van der Waals surface area contributed by atoms with Crippen LogP contribution in [-0.4, -0.2) is 30.9 Å². The maximum atomic E-state index is 13.6. The molecule has 1 aromatic rings. The Bertz CT molecular complexity index is 444. The molecule has 0 aliphatic carbocycles. The minimum absolute atomic E-state index is 0.0421. The van der Waals surface area contributed by atoms with Crippen molar-refractivity contribution in [2.45, 2.75) is 19.8 Å². The third-order valence-corrected chi connectivity index (χ3v) is 2.52. The lowest BCUT2D eigenvalue weighted by molar-refractivity contribution is 0.0951. The first kappa shape index (κ1) is 16.2. The van der Waals surface area contributed by atoms with Crippen molar-refractivity contribution in [1.29, 1.82) is 0 Å². The number of ether oxygens (including phenoxy) is 2. The Morgan fingerprint density at radius 1 is 1.25 bits per heavy atom. The Morgan fingerprint density at radius 2 is 1.90 bits per heavy atom. The molecule has 0 aliphatic rings. The fraction of sp³-hybridized carbons (Fsp3) is 0.462. The van der Waals surface area contributed by atoms with Crippen molar-refractivity contribution in [1.82, 2.24) is 0 Å². The summed E-state index contributed by atoms with van der Waals surface area (Å²) in [6.07, 6.45) is 1.94. The van der Waals surface area contributed by atoms with Gasteiger partial charge in [-0.05, 0) is 18.6 Å². The lowest BCUT2D eigenvalue weighted by Gasteiger charge is -2.10. The highest BCUT2D eigenvalue weighted by molar-refractivity contribution is 5.97. The minimum Gasteiger partial charge on any atom is -0.485 e. The van der Waals surface area contributed by atoms with Crippen LogP contribution in [0.1, 0.15) is 25.3 Å². The first-order valence-electron chi connectivity index (χ1n) is 6.27. The van der Waals surface area contributed by atoms with Gasteiger partial charge in [0.05, 0.1) is 6.61 Å². The molecule has 0 bridgehead atoms. The monoisotopic (exact) mass is 288 g/mol. The molecular formula is C13H18F2N2O3. The molecule has 7 heteroatoms. The van der Waals surface area contributed by atoms with Crippen LogP contribution in [0.3, 0.4) is 0 Å². The number of hydrogen-bond acceptors (Lipinski definition) is 4. The molecule has 0 fully saturated rings. The van der Waals surface area contributed by atoms with E-state index < -0.39 is 17.4 Å². The second-order valence-electron chi connectivity index (χ2n) is 4.07. The highest BCUT2D eigenvalue weighted by atomic mass is 19.1. The Balaban J connectivity index is 2.58. The van der Waals surface area contributed by atoms with Crippen LogP contribution < -0.4 is 10.5 Å². The van der Waals surface area contributed by atoms with E-state index in [1.54, 1.807) is 0 Å². The smallest absolute Gasteiger partial charge is 0.190 e. The molecule has 0 unspecified atom stereocenters. The van der Waals surface area contributed by atoms with E-state index in [2.05, 4.69) is 5.16 Å². The maximum Gasteiger partial charge on any atom is 0.190 e. The van der Waals surface area contributed by atoms with Gasteiger partial charge in [-0.25, -0.2) is 8.78 Å². The molecule has 0 saturated heterocycles. The molecule has 112 valence electrons. The SMILES string of the molecule is CCCCOCCOc1c(F)cc(C(N)=NO)cc1F. The number of nitrogens with two attached hydrogens (primary N) is 1. The first-order valence-corrected chi connectivity index (χ1v) is 6.27. The zero-order chi connectivity index (χ0) is 15.0. The van der Waals surface area contributed by atoms with Crippen LogP contribution >= 0.6 is 0 Å². The van der Waals surface area contributed by atoms with Crippen LogP contribution in [0.25, 0.3) is 0 Å². The Hall–Kier alpha value is -1.89. The third-order valence-electron chi connectivity index (χ3n) is 2.52.